The van der Waals surface area contributed by atoms with Crippen molar-refractivity contribution in [2.24, 2.45) is 0 Å². The number of para-hydroxylation sites is 1. The van der Waals surface area contributed by atoms with E-state index in [1.165, 1.54) is 27.5 Å². The summed E-state index contributed by atoms with van der Waals surface area (Å²) in [6.07, 6.45) is 0. The molecule has 0 radical (unpaired) electrons. The van der Waals surface area contributed by atoms with E-state index >= 15 is 0 Å². The molecule has 0 saturated heterocycles. The minimum absolute atomic E-state index is 0.597. The summed E-state index contributed by atoms with van der Waals surface area (Å²) in [5.41, 5.74) is 14.2. The third kappa shape index (κ3) is 5.74. The molecule has 0 atom stereocenters. The second-order valence-electron chi connectivity index (χ2n) is 14.3. The normalized spacial score (nSPS) is 11.5. The molecule has 11 rings (SSSR count). The molecule has 0 aliphatic heterocycles. The van der Waals surface area contributed by atoms with Crippen LogP contribution in [0.4, 0.5) is 17.1 Å². The highest BCUT2D eigenvalue weighted by Crippen LogP contribution is 2.44. The van der Waals surface area contributed by atoms with Crippen molar-refractivity contribution in [2.45, 2.75) is 0 Å². The molecule has 0 bridgehead atoms. The Kier molecular flexibility index (Phi) is 7.78. The molecule has 268 valence electrons. The van der Waals surface area contributed by atoms with E-state index in [1.807, 2.05) is 42.5 Å². The van der Waals surface area contributed by atoms with Gasteiger partial charge in [0, 0.05) is 39.3 Å². The molecule has 0 aliphatic rings. The lowest BCUT2D eigenvalue weighted by Gasteiger charge is -2.28. The van der Waals surface area contributed by atoms with Crippen molar-refractivity contribution in [3.8, 4) is 44.8 Å². The maximum absolute atomic E-state index is 6.45. The Balaban J connectivity index is 1.04. The molecule has 4 nitrogen and oxygen atoms in total. The highest BCUT2D eigenvalue weighted by Gasteiger charge is 2.20. The third-order valence-corrected chi connectivity index (χ3v) is 10.9. The van der Waals surface area contributed by atoms with E-state index in [4.69, 9.17) is 13.8 Å². The van der Waals surface area contributed by atoms with Gasteiger partial charge in [-0.15, -0.1) is 0 Å². The number of nitrogens with zero attached hydrogens (tertiary/aromatic N) is 2. The van der Waals surface area contributed by atoms with Crippen molar-refractivity contribution in [3.05, 3.63) is 206 Å². The van der Waals surface area contributed by atoms with Crippen molar-refractivity contribution >= 4 is 60.9 Å². The van der Waals surface area contributed by atoms with E-state index in [1.54, 1.807) is 0 Å². The average molecular weight is 731 g/mol. The highest BCUT2D eigenvalue weighted by atomic mass is 16.4. The van der Waals surface area contributed by atoms with E-state index in [9.17, 15) is 0 Å². The first kappa shape index (κ1) is 32.7. The summed E-state index contributed by atoms with van der Waals surface area (Å²) < 4.78 is 12.6. The first-order valence-electron chi connectivity index (χ1n) is 19.2. The van der Waals surface area contributed by atoms with Gasteiger partial charge in [0.15, 0.2) is 5.58 Å². The molecule has 0 unspecified atom stereocenters. The summed E-state index contributed by atoms with van der Waals surface area (Å²) in [6.45, 7) is 0. The summed E-state index contributed by atoms with van der Waals surface area (Å²) in [5.74, 6) is 0.597. The van der Waals surface area contributed by atoms with Crippen molar-refractivity contribution < 1.29 is 8.83 Å². The molecular weight excluding hydrogens is 697 g/mol. The monoisotopic (exact) mass is 730 g/mol. The van der Waals surface area contributed by atoms with Crippen LogP contribution in [0, 0.1) is 0 Å². The van der Waals surface area contributed by atoms with Crippen LogP contribution in [0.2, 0.25) is 0 Å². The molecule has 2 heterocycles. The standard InChI is InChI=1S/C53H34N2O2/c1-3-13-35(14-4-1)36-25-29-40(30-26-36)55(48-23-10-9-20-45(48)44-22-11-18-37-15-7-8-19-42(37)44)41-31-27-38(28-32-41)43-21-12-24-49-52(43)46-33-47-51(34-50(46)56-49)57-53(54-47)39-16-5-2-6-17-39/h1-34H. The number of oxazole rings is 1. The summed E-state index contributed by atoms with van der Waals surface area (Å²) in [4.78, 5) is 7.24. The zero-order valence-electron chi connectivity index (χ0n) is 30.8. The van der Waals surface area contributed by atoms with Crippen LogP contribution in [0.3, 0.4) is 0 Å². The summed E-state index contributed by atoms with van der Waals surface area (Å²) >= 11 is 0. The Bertz CT molecular complexity index is 3210. The minimum atomic E-state index is 0.597. The lowest BCUT2D eigenvalue weighted by atomic mass is 9.95. The molecule has 9 aromatic carbocycles. The van der Waals surface area contributed by atoms with Crippen LogP contribution in [0.15, 0.2) is 215 Å². The lowest BCUT2D eigenvalue weighted by Crippen LogP contribution is -2.11. The number of anilines is 3. The number of rotatable bonds is 7. The molecule has 0 saturated carbocycles. The summed E-state index contributed by atoms with van der Waals surface area (Å²) in [5, 5.41) is 4.51. The second kappa shape index (κ2) is 13.6. The second-order valence-corrected chi connectivity index (χ2v) is 14.3. The molecule has 11 aromatic rings. The van der Waals surface area contributed by atoms with Crippen LogP contribution in [-0.2, 0) is 0 Å². The fourth-order valence-corrected chi connectivity index (χ4v) is 8.20. The van der Waals surface area contributed by atoms with Crippen LogP contribution < -0.4 is 4.90 Å². The summed E-state index contributed by atoms with van der Waals surface area (Å²) in [6, 6.07) is 72.5. The van der Waals surface area contributed by atoms with Gasteiger partial charge >= 0.3 is 0 Å². The molecule has 2 aromatic heterocycles. The van der Waals surface area contributed by atoms with Gasteiger partial charge in [-0.05, 0) is 93.2 Å². The predicted octanol–water partition coefficient (Wildman–Crippen LogP) is 15.0. The number of furan rings is 1. The van der Waals surface area contributed by atoms with Gasteiger partial charge in [-0.25, -0.2) is 4.98 Å². The zero-order chi connectivity index (χ0) is 37.7. The molecular formula is C53H34N2O2. The highest BCUT2D eigenvalue weighted by molar-refractivity contribution is 6.15. The SMILES string of the molecule is c1ccc(-c2ccc(N(c3ccc(-c4cccc5oc6cc7oc(-c8ccccc8)nc7cc6c45)cc3)c3ccccc3-c3cccc4ccccc34)cc2)cc1. The maximum Gasteiger partial charge on any atom is 0.227 e. The van der Waals surface area contributed by atoms with Crippen LogP contribution in [0.5, 0.6) is 0 Å². The van der Waals surface area contributed by atoms with Crippen molar-refractivity contribution in [3.63, 3.8) is 0 Å². The Hall–Kier alpha value is -7.69. The molecule has 0 spiro atoms. The van der Waals surface area contributed by atoms with E-state index in [2.05, 4.69) is 169 Å². The molecule has 4 heteroatoms. The van der Waals surface area contributed by atoms with Gasteiger partial charge < -0.3 is 13.7 Å². The zero-order valence-corrected chi connectivity index (χ0v) is 30.8. The van der Waals surface area contributed by atoms with E-state index in [-0.39, 0.29) is 0 Å². The van der Waals surface area contributed by atoms with Gasteiger partial charge in [-0.3, -0.25) is 0 Å². The van der Waals surface area contributed by atoms with Gasteiger partial charge in [-0.1, -0.05) is 146 Å². The first-order chi connectivity index (χ1) is 28.2. The molecule has 0 aliphatic carbocycles. The van der Waals surface area contributed by atoms with E-state index in [0.29, 0.717) is 11.5 Å². The van der Waals surface area contributed by atoms with Crippen molar-refractivity contribution in [2.75, 3.05) is 4.90 Å². The molecule has 57 heavy (non-hydrogen) atoms. The fourth-order valence-electron chi connectivity index (χ4n) is 8.20. The van der Waals surface area contributed by atoms with Gasteiger partial charge in [-0.2, -0.15) is 0 Å². The summed E-state index contributed by atoms with van der Waals surface area (Å²) in [7, 11) is 0. The number of benzene rings is 9. The van der Waals surface area contributed by atoms with E-state index < -0.39 is 0 Å². The number of aromatic nitrogens is 1. The molecule has 0 fully saturated rings. The van der Waals surface area contributed by atoms with Crippen LogP contribution in [0.25, 0.3) is 88.6 Å². The largest absolute Gasteiger partial charge is 0.456 e. The Morgan fingerprint density at radius 3 is 1.75 bits per heavy atom. The van der Waals surface area contributed by atoms with Gasteiger partial charge in [0.05, 0.1) is 5.69 Å². The van der Waals surface area contributed by atoms with Crippen LogP contribution in [0.1, 0.15) is 0 Å². The van der Waals surface area contributed by atoms with Crippen LogP contribution >= 0.6 is 0 Å². The lowest BCUT2D eigenvalue weighted by molar-refractivity contribution is 0.617. The van der Waals surface area contributed by atoms with Gasteiger partial charge in [0.25, 0.3) is 0 Å². The minimum Gasteiger partial charge on any atom is -0.456 e. The van der Waals surface area contributed by atoms with Gasteiger partial charge in [0.1, 0.15) is 16.7 Å². The maximum atomic E-state index is 6.45. The Morgan fingerprint density at radius 1 is 0.368 bits per heavy atom. The Labute approximate surface area is 329 Å². The van der Waals surface area contributed by atoms with Gasteiger partial charge in [0.2, 0.25) is 5.89 Å². The Morgan fingerprint density at radius 2 is 0.965 bits per heavy atom. The number of hydrogen-bond acceptors (Lipinski definition) is 4. The average Bonchev–Trinajstić information content (AvgIpc) is 3.87. The fraction of sp³-hybridized carbons (Fsp3) is 0. The van der Waals surface area contributed by atoms with Crippen molar-refractivity contribution in [1.29, 1.82) is 0 Å². The van der Waals surface area contributed by atoms with E-state index in [0.717, 1.165) is 66.8 Å². The first-order valence-corrected chi connectivity index (χ1v) is 19.2. The molecule has 0 N–H and O–H groups in total. The smallest absolute Gasteiger partial charge is 0.227 e. The third-order valence-electron chi connectivity index (χ3n) is 10.9. The number of hydrogen-bond donors (Lipinski definition) is 0. The molecule has 0 amide bonds. The quantitative estimate of drug-likeness (QED) is 0.164. The predicted molar refractivity (Wildman–Crippen MR) is 235 cm³/mol. The number of fused-ring (bicyclic) bond motifs is 5. The van der Waals surface area contributed by atoms with Crippen molar-refractivity contribution in [1.82, 2.24) is 4.98 Å². The van der Waals surface area contributed by atoms with Crippen LogP contribution in [-0.4, -0.2) is 4.98 Å². The topological polar surface area (TPSA) is 42.4 Å².